The van der Waals surface area contributed by atoms with Crippen LogP contribution in [0.5, 0.6) is 0 Å². The number of aliphatic hydroxyl groups is 1. The van der Waals surface area contributed by atoms with Crippen molar-refractivity contribution in [3.63, 3.8) is 0 Å². The zero-order valence-electron chi connectivity index (χ0n) is 16.5. The van der Waals surface area contributed by atoms with Crippen LogP contribution >= 0.6 is 0 Å². The molecule has 0 spiro atoms. The predicted molar refractivity (Wildman–Crippen MR) is 103 cm³/mol. The number of nitro groups is 1. The lowest BCUT2D eigenvalue weighted by atomic mass is 9.93. The van der Waals surface area contributed by atoms with Crippen molar-refractivity contribution in [2.45, 2.75) is 60.4 Å². The van der Waals surface area contributed by atoms with Crippen LogP contribution in [0.3, 0.4) is 0 Å². The number of carbonyl (C=O) groups excluding carboxylic acids is 1. The van der Waals surface area contributed by atoms with E-state index in [1.165, 1.54) is 0 Å². The fourth-order valence-corrected chi connectivity index (χ4v) is 3.57. The van der Waals surface area contributed by atoms with Crippen LogP contribution < -0.4 is 10.2 Å². The second-order valence-corrected chi connectivity index (χ2v) is 8.00. The van der Waals surface area contributed by atoms with E-state index in [4.69, 9.17) is 0 Å². The van der Waals surface area contributed by atoms with Crippen LogP contribution in [0, 0.1) is 29.4 Å². The Morgan fingerprint density at radius 2 is 1.96 bits per heavy atom. The molecule has 7 nitrogen and oxygen atoms in total. The summed E-state index contributed by atoms with van der Waals surface area (Å²) in [5, 5.41) is 24.4. The Hall–Kier alpha value is -2.15. The van der Waals surface area contributed by atoms with Crippen LogP contribution in [-0.4, -0.2) is 35.1 Å². The smallest absolute Gasteiger partial charge is 0.277 e. The SMILES string of the molecule is CCCN1c2c(c(C)c([N+](=O)[O-])c(C)c2NC(=O)C(C)(C)C)CC1CO. The van der Waals surface area contributed by atoms with Gasteiger partial charge < -0.3 is 15.3 Å². The highest BCUT2D eigenvalue weighted by Gasteiger charge is 2.38. The Morgan fingerprint density at radius 1 is 1.35 bits per heavy atom. The molecule has 7 heteroatoms. The molecule has 1 unspecified atom stereocenters. The maximum atomic E-state index is 12.6. The lowest BCUT2D eigenvalue weighted by Gasteiger charge is -2.29. The Bertz CT molecular complexity index is 738. The molecule has 0 saturated heterocycles. The largest absolute Gasteiger partial charge is 0.394 e. The second-order valence-electron chi connectivity index (χ2n) is 8.00. The average molecular weight is 363 g/mol. The van der Waals surface area contributed by atoms with Crippen molar-refractivity contribution in [3.05, 3.63) is 26.8 Å². The maximum Gasteiger partial charge on any atom is 0.277 e. The molecule has 1 heterocycles. The molecule has 0 radical (unpaired) electrons. The highest BCUT2D eigenvalue weighted by Crippen LogP contribution is 2.47. The molecule has 0 bridgehead atoms. The average Bonchev–Trinajstić information content (AvgIpc) is 2.89. The van der Waals surface area contributed by atoms with Crippen LogP contribution in [0.4, 0.5) is 17.1 Å². The molecular weight excluding hydrogens is 334 g/mol. The van der Waals surface area contributed by atoms with E-state index in [0.29, 0.717) is 29.8 Å². The number of rotatable bonds is 5. The maximum absolute atomic E-state index is 12.6. The zero-order chi connectivity index (χ0) is 19.8. The van der Waals surface area contributed by atoms with Crippen molar-refractivity contribution < 1.29 is 14.8 Å². The molecule has 0 aliphatic carbocycles. The van der Waals surface area contributed by atoms with E-state index >= 15 is 0 Å². The summed E-state index contributed by atoms with van der Waals surface area (Å²) in [6.45, 7) is 11.6. The molecule has 1 aliphatic rings. The standard InChI is InChI=1S/C19H29N3O4/c1-7-8-21-13(10-23)9-14-11(2)16(22(25)26)12(3)15(17(14)21)20-18(24)19(4,5)6/h13,23H,7-10H2,1-6H3,(H,20,24). The number of nitro benzene ring substituents is 1. The third-order valence-electron chi connectivity index (χ3n) is 5.01. The lowest BCUT2D eigenvalue weighted by molar-refractivity contribution is -0.386. The molecule has 1 amide bonds. The van der Waals surface area contributed by atoms with Crippen LogP contribution in [0.2, 0.25) is 0 Å². The summed E-state index contributed by atoms with van der Waals surface area (Å²) in [6, 6.07) is -0.129. The Labute approximate surface area is 154 Å². The molecule has 0 fully saturated rings. The van der Waals surface area contributed by atoms with Gasteiger partial charge in [0.15, 0.2) is 0 Å². The van der Waals surface area contributed by atoms with Gasteiger partial charge in [-0.2, -0.15) is 0 Å². The molecule has 2 rings (SSSR count). The first-order valence-corrected chi connectivity index (χ1v) is 9.03. The highest BCUT2D eigenvalue weighted by molar-refractivity contribution is 6.00. The predicted octanol–water partition coefficient (Wildman–Crippen LogP) is 3.33. The quantitative estimate of drug-likeness (QED) is 0.618. The van der Waals surface area contributed by atoms with E-state index in [2.05, 4.69) is 10.2 Å². The summed E-state index contributed by atoms with van der Waals surface area (Å²) in [4.78, 5) is 26.0. The first-order valence-electron chi connectivity index (χ1n) is 9.03. The van der Waals surface area contributed by atoms with Crippen molar-refractivity contribution in [1.29, 1.82) is 0 Å². The van der Waals surface area contributed by atoms with Crippen molar-refractivity contribution in [2.75, 3.05) is 23.4 Å². The zero-order valence-corrected chi connectivity index (χ0v) is 16.5. The Balaban J connectivity index is 2.73. The van der Waals surface area contributed by atoms with E-state index in [1.807, 2.05) is 6.92 Å². The van der Waals surface area contributed by atoms with Gasteiger partial charge in [-0.15, -0.1) is 0 Å². The minimum atomic E-state index is -0.621. The van der Waals surface area contributed by atoms with Crippen molar-refractivity contribution >= 4 is 23.0 Å². The highest BCUT2D eigenvalue weighted by atomic mass is 16.6. The van der Waals surface area contributed by atoms with Gasteiger partial charge in [0.2, 0.25) is 5.91 Å². The van der Waals surface area contributed by atoms with Gasteiger partial charge >= 0.3 is 0 Å². The van der Waals surface area contributed by atoms with Gasteiger partial charge in [0.1, 0.15) is 0 Å². The minimum Gasteiger partial charge on any atom is -0.394 e. The van der Waals surface area contributed by atoms with Gasteiger partial charge in [0.05, 0.1) is 34.5 Å². The summed E-state index contributed by atoms with van der Waals surface area (Å²) < 4.78 is 0. The van der Waals surface area contributed by atoms with Gasteiger partial charge in [0, 0.05) is 17.5 Å². The summed E-state index contributed by atoms with van der Waals surface area (Å²) in [5.41, 5.74) is 2.67. The first-order chi connectivity index (χ1) is 12.0. The third-order valence-corrected chi connectivity index (χ3v) is 5.01. The van der Waals surface area contributed by atoms with E-state index in [-0.39, 0.29) is 29.2 Å². The molecule has 1 aliphatic heterocycles. The van der Waals surface area contributed by atoms with Crippen LogP contribution in [0.15, 0.2) is 0 Å². The second kappa shape index (κ2) is 7.23. The number of hydrogen-bond donors (Lipinski definition) is 2. The lowest BCUT2D eigenvalue weighted by Crippen LogP contribution is -2.36. The number of fused-ring (bicyclic) bond motifs is 1. The van der Waals surface area contributed by atoms with Gasteiger partial charge in [-0.3, -0.25) is 14.9 Å². The Kier molecular flexibility index (Phi) is 5.61. The van der Waals surface area contributed by atoms with Gasteiger partial charge in [-0.25, -0.2) is 0 Å². The molecule has 0 saturated carbocycles. The summed E-state index contributed by atoms with van der Waals surface area (Å²) in [5.74, 6) is -0.190. The molecular formula is C19H29N3O4. The Morgan fingerprint density at radius 3 is 2.42 bits per heavy atom. The van der Waals surface area contributed by atoms with Crippen LogP contribution in [0.25, 0.3) is 0 Å². The van der Waals surface area contributed by atoms with Crippen LogP contribution in [0.1, 0.15) is 50.8 Å². The number of aliphatic hydroxyl groups excluding tert-OH is 1. The molecule has 1 aromatic carbocycles. The van der Waals surface area contributed by atoms with Gasteiger partial charge in [0.25, 0.3) is 5.69 Å². The topological polar surface area (TPSA) is 95.7 Å². The summed E-state index contributed by atoms with van der Waals surface area (Å²) in [6.07, 6.45) is 1.41. The van der Waals surface area contributed by atoms with Crippen molar-refractivity contribution in [1.82, 2.24) is 0 Å². The van der Waals surface area contributed by atoms with Crippen molar-refractivity contribution in [3.8, 4) is 0 Å². The van der Waals surface area contributed by atoms with Gasteiger partial charge in [-0.05, 0) is 32.3 Å². The number of amides is 1. The molecule has 1 atom stereocenters. The molecule has 26 heavy (non-hydrogen) atoms. The minimum absolute atomic E-state index is 0.0341. The molecule has 0 aromatic heterocycles. The van der Waals surface area contributed by atoms with E-state index in [9.17, 15) is 20.0 Å². The normalized spacial score (nSPS) is 16.6. The van der Waals surface area contributed by atoms with Crippen molar-refractivity contribution in [2.24, 2.45) is 5.41 Å². The fraction of sp³-hybridized carbons (Fsp3) is 0.632. The molecule has 2 N–H and O–H groups in total. The number of carbonyl (C=O) groups is 1. The van der Waals surface area contributed by atoms with E-state index in [1.54, 1.807) is 34.6 Å². The molecule has 144 valence electrons. The van der Waals surface area contributed by atoms with E-state index in [0.717, 1.165) is 17.7 Å². The monoisotopic (exact) mass is 363 g/mol. The number of nitrogens with zero attached hydrogens (tertiary/aromatic N) is 2. The summed E-state index contributed by atoms with van der Waals surface area (Å²) in [7, 11) is 0. The first kappa shape index (κ1) is 20.2. The number of anilines is 2. The third kappa shape index (κ3) is 3.40. The number of hydrogen-bond acceptors (Lipinski definition) is 5. The van der Waals surface area contributed by atoms with E-state index < -0.39 is 5.41 Å². The van der Waals surface area contributed by atoms with Gasteiger partial charge in [-0.1, -0.05) is 27.7 Å². The summed E-state index contributed by atoms with van der Waals surface area (Å²) >= 11 is 0. The fourth-order valence-electron chi connectivity index (χ4n) is 3.57. The number of benzene rings is 1. The molecule has 1 aromatic rings. The number of nitrogens with one attached hydrogen (secondary N) is 1. The van der Waals surface area contributed by atoms with Crippen LogP contribution in [-0.2, 0) is 11.2 Å².